The van der Waals surface area contributed by atoms with E-state index in [1.165, 1.54) is 12.1 Å². The summed E-state index contributed by atoms with van der Waals surface area (Å²) >= 11 is 0. The number of benzene rings is 2. The standard InChI is InChI=1S/C14H7F5N2O2/c15-8-4-2-1-3-6(8)13(22)20-21-14(23)7-5-9(16)11(18)12(19)10(7)17/h1-5H,(H,20,22)(H,21,23). The molecule has 2 rings (SSSR count). The molecule has 0 saturated carbocycles. The SMILES string of the molecule is O=C(NNC(=O)c1cc(F)c(F)c(F)c1F)c1ccccc1F. The lowest BCUT2D eigenvalue weighted by molar-refractivity contribution is 0.0841. The van der Waals surface area contributed by atoms with Crippen molar-refractivity contribution in [2.45, 2.75) is 0 Å². The number of carbonyl (C=O) groups excluding carboxylic acids is 2. The summed E-state index contributed by atoms with van der Waals surface area (Å²) in [7, 11) is 0. The summed E-state index contributed by atoms with van der Waals surface area (Å²) in [6.45, 7) is 0. The second kappa shape index (κ2) is 6.42. The highest BCUT2D eigenvalue weighted by atomic mass is 19.2. The Balaban J connectivity index is 2.15. The van der Waals surface area contributed by atoms with E-state index in [2.05, 4.69) is 0 Å². The van der Waals surface area contributed by atoms with Crippen LogP contribution in [0.25, 0.3) is 0 Å². The number of halogens is 5. The summed E-state index contributed by atoms with van der Waals surface area (Å²) in [4.78, 5) is 23.2. The summed E-state index contributed by atoms with van der Waals surface area (Å²) in [6, 6.07) is 4.89. The first-order chi connectivity index (χ1) is 10.8. The molecule has 2 aromatic carbocycles. The first kappa shape index (κ1) is 16.4. The Kier molecular flexibility index (Phi) is 4.58. The Hall–Kier alpha value is -2.97. The van der Waals surface area contributed by atoms with Crippen LogP contribution in [0.4, 0.5) is 22.0 Å². The Morgan fingerprint density at radius 2 is 1.26 bits per heavy atom. The summed E-state index contributed by atoms with van der Waals surface area (Å²) in [6.07, 6.45) is 0. The predicted molar refractivity (Wildman–Crippen MR) is 67.6 cm³/mol. The van der Waals surface area contributed by atoms with Crippen LogP contribution < -0.4 is 10.9 Å². The van der Waals surface area contributed by atoms with Gasteiger partial charge in [0, 0.05) is 0 Å². The Bertz CT molecular complexity index is 795. The monoisotopic (exact) mass is 330 g/mol. The second-order valence-electron chi connectivity index (χ2n) is 4.24. The fourth-order valence-electron chi connectivity index (χ4n) is 1.63. The molecule has 120 valence electrons. The van der Waals surface area contributed by atoms with Crippen molar-refractivity contribution < 1.29 is 31.5 Å². The van der Waals surface area contributed by atoms with E-state index in [1.54, 1.807) is 10.9 Å². The van der Waals surface area contributed by atoms with Gasteiger partial charge in [0.15, 0.2) is 23.3 Å². The van der Waals surface area contributed by atoms with E-state index in [4.69, 9.17) is 0 Å². The van der Waals surface area contributed by atoms with Gasteiger partial charge in [-0.25, -0.2) is 22.0 Å². The molecule has 0 aliphatic carbocycles. The molecule has 0 bridgehead atoms. The van der Waals surface area contributed by atoms with Crippen molar-refractivity contribution in [1.29, 1.82) is 0 Å². The molecular formula is C14H7F5N2O2. The highest BCUT2D eigenvalue weighted by Gasteiger charge is 2.23. The molecule has 0 radical (unpaired) electrons. The fourth-order valence-corrected chi connectivity index (χ4v) is 1.63. The van der Waals surface area contributed by atoms with Crippen LogP contribution in [-0.4, -0.2) is 11.8 Å². The Morgan fingerprint density at radius 1 is 0.696 bits per heavy atom. The maximum atomic E-state index is 13.4. The number of hydrogen-bond donors (Lipinski definition) is 2. The zero-order valence-electron chi connectivity index (χ0n) is 11.1. The molecule has 0 saturated heterocycles. The van der Waals surface area contributed by atoms with E-state index >= 15 is 0 Å². The smallest absolute Gasteiger partial charge is 0.267 e. The van der Waals surface area contributed by atoms with Gasteiger partial charge in [-0.05, 0) is 18.2 Å². The van der Waals surface area contributed by atoms with Crippen LogP contribution >= 0.6 is 0 Å². The molecule has 0 aliphatic heterocycles. The lowest BCUT2D eigenvalue weighted by atomic mass is 10.2. The van der Waals surface area contributed by atoms with Gasteiger partial charge in [-0.1, -0.05) is 12.1 Å². The fraction of sp³-hybridized carbons (Fsp3) is 0. The number of nitrogens with one attached hydrogen (secondary N) is 2. The van der Waals surface area contributed by atoms with Crippen LogP contribution in [0.5, 0.6) is 0 Å². The summed E-state index contributed by atoms with van der Waals surface area (Å²) in [5.74, 6) is -11.4. The van der Waals surface area contributed by atoms with Crippen LogP contribution in [0.1, 0.15) is 20.7 Å². The maximum Gasteiger partial charge on any atom is 0.272 e. The van der Waals surface area contributed by atoms with Crippen molar-refractivity contribution >= 4 is 11.8 Å². The molecule has 0 atom stereocenters. The van der Waals surface area contributed by atoms with Crippen molar-refractivity contribution in [3.8, 4) is 0 Å². The molecule has 2 amide bonds. The highest BCUT2D eigenvalue weighted by Crippen LogP contribution is 2.18. The van der Waals surface area contributed by atoms with Gasteiger partial charge in [-0.15, -0.1) is 0 Å². The summed E-state index contributed by atoms with van der Waals surface area (Å²) in [5, 5.41) is 0. The summed E-state index contributed by atoms with van der Waals surface area (Å²) in [5.41, 5.74) is 1.78. The van der Waals surface area contributed by atoms with E-state index in [-0.39, 0.29) is 6.07 Å². The minimum Gasteiger partial charge on any atom is -0.267 e. The van der Waals surface area contributed by atoms with Crippen LogP contribution in [0.3, 0.4) is 0 Å². The van der Waals surface area contributed by atoms with Crippen molar-refractivity contribution in [1.82, 2.24) is 10.9 Å². The molecule has 0 aromatic heterocycles. The molecule has 2 N–H and O–H groups in total. The second-order valence-corrected chi connectivity index (χ2v) is 4.24. The molecule has 0 fully saturated rings. The van der Waals surface area contributed by atoms with E-state index in [0.717, 1.165) is 12.1 Å². The van der Waals surface area contributed by atoms with Gasteiger partial charge in [0.25, 0.3) is 11.8 Å². The Morgan fingerprint density at radius 3 is 1.87 bits per heavy atom. The largest absolute Gasteiger partial charge is 0.272 e. The third-order valence-electron chi connectivity index (χ3n) is 2.76. The number of amides is 2. The van der Waals surface area contributed by atoms with Gasteiger partial charge in [-0.3, -0.25) is 20.4 Å². The number of carbonyl (C=O) groups is 2. The average Bonchev–Trinajstić information content (AvgIpc) is 2.54. The van der Waals surface area contributed by atoms with Crippen LogP contribution in [0, 0.1) is 29.1 Å². The van der Waals surface area contributed by atoms with Crippen molar-refractivity contribution in [3.63, 3.8) is 0 Å². The van der Waals surface area contributed by atoms with E-state index in [1.807, 2.05) is 0 Å². The van der Waals surface area contributed by atoms with Crippen LogP contribution in [0.15, 0.2) is 30.3 Å². The minimum atomic E-state index is -2.17. The van der Waals surface area contributed by atoms with Crippen molar-refractivity contribution in [3.05, 3.63) is 70.5 Å². The van der Waals surface area contributed by atoms with Crippen LogP contribution in [-0.2, 0) is 0 Å². The number of rotatable bonds is 2. The topological polar surface area (TPSA) is 58.2 Å². The zero-order valence-corrected chi connectivity index (χ0v) is 11.1. The number of hydrazine groups is 1. The van der Waals surface area contributed by atoms with Gasteiger partial charge < -0.3 is 0 Å². The van der Waals surface area contributed by atoms with E-state index in [0.29, 0.717) is 0 Å². The molecule has 0 aliphatic rings. The first-order valence-electron chi connectivity index (χ1n) is 6.01. The van der Waals surface area contributed by atoms with Gasteiger partial charge in [-0.2, -0.15) is 0 Å². The lowest BCUT2D eigenvalue weighted by Crippen LogP contribution is -2.42. The number of hydrogen-bond acceptors (Lipinski definition) is 2. The first-order valence-corrected chi connectivity index (χ1v) is 6.01. The van der Waals surface area contributed by atoms with E-state index in [9.17, 15) is 31.5 Å². The summed E-state index contributed by atoms with van der Waals surface area (Å²) < 4.78 is 65.5. The van der Waals surface area contributed by atoms with E-state index < -0.39 is 52.0 Å². The molecule has 9 heteroatoms. The van der Waals surface area contributed by atoms with Gasteiger partial charge in [0.05, 0.1) is 11.1 Å². The molecular weight excluding hydrogens is 323 g/mol. The molecule has 23 heavy (non-hydrogen) atoms. The quantitative estimate of drug-likeness (QED) is 0.385. The van der Waals surface area contributed by atoms with Gasteiger partial charge in [0.2, 0.25) is 0 Å². The molecule has 0 unspecified atom stereocenters. The normalized spacial score (nSPS) is 10.3. The van der Waals surface area contributed by atoms with Crippen molar-refractivity contribution in [2.75, 3.05) is 0 Å². The molecule has 0 spiro atoms. The lowest BCUT2D eigenvalue weighted by Gasteiger charge is -2.09. The Labute approximate surface area is 125 Å². The third kappa shape index (κ3) is 3.28. The average molecular weight is 330 g/mol. The minimum absolute atomic E-state index is 0.123. The van der Waals surface area contributed by atoms with Crippen LogP contribution in [0.2, 0.25) is 0 Å². The van der Waals surface area contributed by atoms with Gasteiger partial charge >= 0.3 is 0 Å². The van der Waals surface area contributed by atoms with Crippen molar-refractivity contribution in [2.24, 2.45) is 0 Å². The highest BCUT2D eigenvalue weighted by molar-refractivity contribution is 5.99. The third-order valence-corrected chi connectivity index (χ3v) is 2.76. The zero-order chi connectivity index (χ0) is 17.1. The maximum absolute atomic E-state index is 13.4. The molecule has 2 aromatic rings. The predicted octanol–water partition coefficient (Wildman–Crippen LogP) is 2.46. The van der Waals surface area contributed by atoms with Gasteiger partial charge in [0.1, 0.15) is 5.82 Å². The molecule has 4 nitrogen and oxygen atoms in total. The molecule has 0 heterocycles.